The molecule has 0 radical (unpaired) electrons. The number of nitrogens with zero attached hydrogens (tertiary/aromatic N) is 2. The van der Waals surface area contributed by atoms with Gasteiger partial charge in [-0.15, -0.1) is 0 Å². The highest BCUT2D eigenvalue weighted by atomic mass is 16.2. The highest BCUT2D eigenvalue weighted by molar-refractivity contribution is 6.21. The molecule has 7 nitrogen and oxygen atoms in total. The van der Waals surface area contributed by atoms with Crippen LogP contribution in [0.25, 0.3) is 0 Å². The molecule has 1 aromatic heterocycles. The van der Waals surface area contributed by atoms with E-state index in [0.717, 1.165) is 0 Å². The molecule has 0 atom stereocenters. The van der Waals surface area contributed by atoms with Crippen molar-refractivity contribution in [3.8, 4) is 0 Å². The standard InChI is InChI=1S/C17H16N4O3/c22-15-13-6-1-2-7-14(13)16(23)21(15)10-4-9-19-17(24)20-12-5-3-8-18-11-12/h1-3,5-8,11H,4,9-10H2,(H2,19,20,24). The van der Waals surface area contributed by atoms with E-state index in [2.05, 4.69) is 15.6 Å². The Morgan fingerprint density at radius 2 is 1.75 bits per heavy atom. The van der Waals surface area contributed by atoms with E-state index in [1.165, 1.54) is 4.90 Å². The second kappa shape index (κ2) is 6.91. The van der Waals surface area contributed by atoms with E-state index in [1.807, 2.05) is 0 Å². The first-order valence-electron chi connectivity index (χ1n) is 7.57. The van der Waals surface area contributed by atoms with E-state index >= 15 is 0 Å². The number of anilines is 1. The number of imide groups is 1. The molecule has 0 spiro atoms. The van der Waals surface area contributed by atoms with Crippen LogP contribution in [0.1, 0.15) is 27.1 Å². The van der Waals surface area contributed by atoms with E-state index in [4.69, 9.17) is 0 Å². The minimum atomic E-state index is -0.356. The van der Waals surface area contributed by atoms with Gasteiger partial charge in [0.25, 0.3) is 11.8 Å². The molecule has 3 rings (SSSR count). The summed E-state index contributed by atoms with van der Waals surface area (Å²) in [4.78, 5) is 41.2. The number of carbonyl (C=O) groups excluding carboxylic acids is 3. The topological polar surface area (TPSA) is 91.4 Å². The molecule has 2 N–H and O–H groups in total. The molecule has 0 saturated heterocycles. The number of benzene rings is 1. The minimum Gasteiger partial charge on any atom is -0.338 e. The summed E-state index contributed by atoms with van der Waals surface area (Å²) in [6, 6.07) is 9.86. The average molecular weight is 324 g/mol. The van der Waals surface area contributed by atoms with Gasteiger partial charge >= 0.3 is 6.03 Å². The number of urea groups is 1. The third-order valence-corrected chi connectivity index (χ3v) is 3.64. The average Bonchev–Trinajstić information content (AvgIpc) is 2.84. The molecule has 1 aliphatic rings. The maximum Gasteiger partial charge on any atom is 0.319 e. The number of pyridine rings is 1. The Bertz CT molecular complexity index is 741. The number of hydrogen-bond acceptors (Lipinski definition) is 4. The molecule has 1 aliphatic heterocycles. The molecule has 122 valence electrons. The van der Waals surface area contributed by atoms with Gasteiger partial charge in [-0.2, -0.15) is 0 Å². The van der Waals surface area contributed by atoms with Crippen molar-refractivity contribution >= 4 is 23.5 Å². The summed E-state index contributed by atoms with van der Waals surface area (Å²) in [7, 11) is 0. The first-order chi connectivity index (χ1) is 11.7. The van der Waals surface area contributed by atoms with Crippen LogP contribution in [-0.4, -0.2) is 40.8 Å². The highest BCUT2D eigenvalue weighted by Gasteiger charge is 2.34. The molecule has 0 aliphatic carbocycles. The summed E-state index contributed by atoms with van der Waals surface area (Å²) in [5, 5.41) is 5.32. The number of hydrogen-bond donors (Lipinski definition) is 2. The first kappa shape index (κ1) is 15.7. The molecular formula is C17H16N4O3. The van der Waals surface area contributed by atoms with Gasteiger partial charge in [-0.3, -0.25) is 19.5 Å². The van der Waals surface area contributed by atoms with Crippen LogP contribution in [0.4, 0.5) is 10.5 Å². The number of rotatable bonds is 5. The Balaban J connectivity index is 1.45. The Kier molecular flexibility index (Phi) is 4.51. The molecular weight excluding hydrogens is 308 g/mol. The Hall–Kier alpha value is -3.22. The van der Waals surface area contributed by atoms with E-state index in [9.17, 15) is 14.4 Å². The summed E-state index contributed by atoms with van der Waals surface area (Å²) in [5.74, 6) is -0.564. The smallest absolute Gasteiger partial charge is 0.319 e. The molecule has 2 aromatic rings. The number of carbonyl (C=O) groups is 3. The van der Waals surface area contributed by atoms with Gasteiger partial charge in [0.2, 0.25) is 0 Å². The quantitative estimate of drug-likeness (QED) is 0.649. The summed E-state index contributed by atoms with van der Waals surface area (Å²) >= 11 is 0. The van der Waals surface area contributed by atoms with Crippen LogP contribution in [0.5, 0.6) is 0 Å². The molecule has 7 heteroatoms. The van der Waals surface area contributed by atoms with Gasteiger partial charge in [0, 0.05) is 19.3 Å². The van der Waals surface area contributed by atoms with Gasteiger partial charge in [-0.25, -0.2) is 4.79 Å². The molecule has 0 unspecified atom stereocenters. The predicted molar refractivity (Wildman–Crippen MR) is 87.7 cm³/mol. The highest BCUT2D eigenvalue weighted by Crippen LogP contribution is 2.22. The Morgan fingerprint density at radius 1 is 1.04 bits per heavy atom. The summed E-state index contributed by atoms with van der Waals surface area (Å²) in [6.07, 6.45) is 3.63. The van der Waals surface area contributed by atoms with Crippen molar-refractivity contribution in [2.24, 2.45) is 0 Å². The maximum atomic E-state index is 12.2. The zero-order valence-corrected chi connectivity index (χ0v) is 12.9. The monoisotopic (exact) mass is 324 g/mol. The van der Waals surface area contributed by atoms with Crippen molar-refractivity contribution in [3.63, 3.8) is 0 Å². The largest absolute Gasteiger partial charge is 0.338 e. The number of fused-ring (bicyclic) bond motifs is 1. The van der Waals surface area contributed by atoms with Crippen molar-refractivity contribution in [2.45, 2.75) is 6.42 Å². The van der Waals surface area contributed by atoms with Crippen LogP contribution in [-0.2, 0) is 0 Å². The van der Waals surface area contributed by atoms with E-state index in [0.29, 0.717) is 29.8 Å². The van der Waals surface area contributed by atoms with Crippen LogP contribution in [0.3, 0.4) is 0 Å². The van der Waals surface area contributed by atoms with Gasteiger partial charge in [-0.1, -0.05) is 12.1 Å². The number of amides is 4. The summed E-state index contributed by atoms with van der Waals surface area (Å²) < 4.78 is 0. The van der Waals surface area contributed by atoms with Crippen molar-refractivity contribution in [3.05, 3.63) is 59.9 Å². The fourth-order valence-electron chi connectivity index (χ4n) is 2.49. The Morgan fingerprint density at radius 3 is 2.38 bits per heavy atom. The minimum absolute atomic E-state index is 0.263. The van der Waals surface area contributed by atoms with Crippen LogP contribution < -0.4 is 10.6 Å². The normalized spacial score (nSPS) is 12.9. The van der Waals surface area contributed by atoms with E-state index in [-0.39, 0.29) is 24.4 Å². The lowest BCUT2D eigenvalue weighted by Gasteiger charge is -2.14. The summed E-state index contributed by atoms with van der Waals surface area (Å²) in [5.41, 5.74) is 1.46. The third kappa shape index (κ3) is 3.24. The van der Waals surface area contributed by atoms with Gasteiger partial charge in [0.1, 0.15) is 0 Å². The van der Waals surface area contributed by atoms with Crippen molar-refractivity contribution in [2.75, 3.05) is 18.4 Å². The zero-order valence-electron chi connectivity index (χ0n) is 12.9. The van der Waals surface area contributed by atoms with Crippen LogP contribution in [0, 0.1) is 0 Å². The fraction of sp³-hybridized carbons (Fsp3) is 0.176. The summed E-state index contributed by atoms with van der Waals surface area (Å²) in [6.45, 7) is 0.610. The van der Waals surface area contributed by atoms with Gasteiger partial charge in [0.05, 0.1) is 23.0 Å². The SMILES string of the molecule is O=C(NCCCN1C(=O)c2ccccc2C1=O)Nc1cccnc1. The van der Waals surface area contributed by atoms with Gasteiger partial charge in [0.15, 0.2) is 0 Å². The third-order valence-electron chi connectivity index (χ3n) is 3.64. The zero-order chi connectivity index (χ0) is 16.9. The molecule has 0 bridgehead atoms. The molecule has 0 saturated carbocycles. The lowest BCUT2D eigenvalue weighted by molar-refractivity contribution is 0.0653. The van der Waals surface area contributed by atoms with Crippen LogP contribution in [0.15, 0.2) is 48.8 Å². The number of nitrogens with one attached hydrogen (secondary N) is 2. The molecule has 24 heavy (non-hydrogen) atoms. The number of aromatic nitrogens is 1. The molecule has 1 aromatic carbocycles. The second-order valence-electron chi connectivity index (χ2n) is 5.28. The Labute approximate surface area is 138 Å². The van der Waals surface area contributed by atoms with Crippen molar-refractivity contribution in [1.82, 2.24) is 15.2 Å². The predicted octanol–water partition coefficient (Wildman–Crippen LogP) is 1.89. The van der Waals surface area contributed by atoms with E-state index in [1.54, 1.807) is 48.8 Å². The second-order valence-corrected chi connectivity index (χ2v) is 5.28. The van der Waals surface area contributed by atoms with Gasteiger partial charge in [-0.05, 0) is 30.7 Å². The lowest BCUT2D eigenvalue weighted by Crippen LogP contribution is -2.35. The molecule has 0 fully saturated rings. The van der Waals surface area contributed by atoms with Crippen molar-refractivity contribution < 1.29 is 14.4 Å². The van der Waals surface area contributed by atoms with Gasteiger partial charge < -0.3 is 10.6 Å². The van der Waals surface area contributed by atoms with Crippen molar-refractivity contribution in [1.29, 1.82) is 0 Å². The van der Waals surface area contributed by atoms with Crippen LogP contribution in [0.2, 0.25) is 0 Å². The fourth-order valence-corrected chi connectivity index (χ4v) is 2.49. The molecule has 2 heterocycles. The lowest BCUT2D eigenvalue weighted by atomic mass is 10.1. The first-order valence-corrected chi connectivity index (χ1v) is 7.57. The van der Waals surface area contributed by atoms with E-state index < -0.39 is 0 Å². The maximum absolute atomic E-state index is 12.2. The van der Waals surface area contributed by atoms with Crippen LogP contribution >= 0.6 is 0 Å². The molecule has 4 amide bonds.